The average molecular weight is 413 g/mol. The number of hydrogen-bond acceptors (Lipinski definition) is 9. The fourth-order valence-corrected chi connectivity index (χ4v) is 1.71. The Labute approximate surface area is 159 Å². The maximum Gasteiger partial charge on any atom is 0.321 e. The summed E-state index contributed by atoms with van der Waals surface area (Å²) in [5.41, 5.74) is 4.94. The number of aliphatic carboxylic acids is 5. The predicted molar refractivity (Wildman–Crippen MR) is 92.9 cm³/mol. The van der Waals surface area contributed by atoms with E-state index in [0.29, 0.717) is 0 Å². The normalized spacial score (nSPS) is 11.4. The minimum Gasteiger partial charge on any atom is -0.480 e. The molecule has 13 nitrogen and oxygen atoms in total. The van der Waals surface area contributed by atoms with Gasteiger partial charge in [-0.2, -0.15) is 12.6 Å². The lowest BCUT2D eigenvalue weighted by molar-refractivity contribution is -0.145. The Morgan fingerprint density at radius 1 is 0.704 bits per heavy atom. The van der Waals surface area contributed by atoms with Crippen LogP contribution in [0.5, 0.6) is 0 Å². The summed E-state index contributed by atoms with van der Waals surface area (Å²) in [5, 5.41) is 42.5. The summed E-state index contributed by atoms with van der Waals surface area (Å²) in [6, 6.07) is -0.816. The molecule has 1 atom stereocenters. The molecule has 0 heterocycles. The molecule has 0 aromatic heterocycles. The van der Waals surface area contributed by atoms with Gasteiger partial charge >= 0.3 is 29.8 Å². The minimum absolute atomic E-state index is 0.0703. The number of carbonyl (C=O) groups is 5. The highest BCUT2D eigenvalue weighted by atomic mass is 32.1. The lowest BCUT2D eigenvalue weighted by Crippen LogP contribution is -2.43. The van der Waals surface area contributed by atoms with Crippen molar-refractivity contribution in [3.05, 3.63) is 0 Å². The summed E-state index contributed by atoms with van der Waals surface area (Å²) >= 11 is 3.65. The number of thiol groups is 1. The second-order valence-electron chi connectivity index (χ2n) is 5.12. The van der Waals surface area contributed by atoms with Crippen molar-refractivity contribution in [2.24, 2.45) is 5.73 Å². The molecule has 14 heteroatoms. The molecule has 0 saturated heterocycles. The highest BCUT2D eigenvalue weighted by molar-refractivity contribution is 7.80. The smallest absolute Gasteiger partial charge is 0.321 e. The third kappa shape index (κ3) is 18.2. The first-order valence-electron chi connectivity index (χ1n) is 7.30. The van der Waals surface area contributed by atoms with Crippen LogP contribution in [0.15, 0.2) is 0 Å². The first kappa shape index (κ1) is 26.8. The fourth-order valence-electron chi connectivity index (χ4n) is 1.55. The van der Waals surface area contributed by atoms with E-state index < -0.39 is 62.1 Å². The lowest BCUT2D eigenvalue weighted by atomic mass is 10.4. The summed E-state index contributed by atoms with van der Waals surface area (Å²) in [6.07, 6.45) is 0. The maximum atomic E-state index is 10.6. The van der Waals surface area contributed by atoms with Gasteiger partial charge in [0.2, 0.25) is 0 Å². The molecule has 0 radical (unpaired) electrons. The van der Waals surface area contributed by atoms with Crippen molar-refractivity contribution in [3.8, 4) is 0 Å². The van der Waals surface area contributed by atoms with Crippen molar-refractivity contribution in [3.63, 3.8) is 0 Å². The molecule has 0 spiro atoms. The fraction of sp³-hybridized carbons (Fsp3) is 0.615. The van der Waals surface area contributed by atoms with Crippen molar-refractivity contribution < 1.29 is 49.5 Å². The van der Waals surface area contributed by atoms with E-state index in [2.05, 4.69) is 12.6 Å². The van der Waals surface area contributed by atoms with Gasteiger partial charge in [0.25, 0.3) is 0 Å². The molecular weight excluding hydrogens is 390 g/mol. The summed E-state index contributed by atoms with van der Waals surface area (Å²) in [4.78, 5) is 54.1. The zero-order valence-corrected chi connectivity index (χ0v) is 15.1. The SMILES string of the molecule is N[C@@H](CS)C(=O)O.O=C(O)CN(CCN(CC(=O)O)CC(=O)O)CC(=O)O. The van der Waals surface area contributed by atoms with E-state index in [0.717, 1.165) is 9.80 Å². The van der Waals surface area contributed by atoms with Crippen LogP contribution in [0.3, 0.4) is 0 Å². The Bertz CT molecular complexity index is 462. The number of nitrogens with two attached hydrogens (primary N) is 1. The van der Waals surface area contributed by atoms with Crippen LogP contribution >= 0.6 is 12.6 Å². The molecule has 156 valence electrons. The lowest BCUT2D eigenvalue weighted by Gasteiger charge is -2.23. The second-order valence-corrected chi connectivity index (χ2v) is 5.49. The van der Waals surface area contributed by atoms with E-state index in [9.17, 15) is 24.0 Å². The van der Waals surface area contributed by atoms with Crippen molar-refractivity contribution in [1.29, 1.82) is 0 Å². The Balaban J connectivity index is 0. The Morgan fingerprint density at radius 2 is 0.963 bits per heavy atom. The van der Waals surface area contributed by atoms with Gasteiger partial charge in [0.15, 0.2) is 0 Å². The number of rotatable bonds is 13. The molecule has 7 N–H and O–H groups in total. The van der Waals surface area contributed by atoms with E-state index in [1.165, 1.54) is 0 Å². The van der Waals surface area contributed by atoms with Crippen molar-refractivity contribution in [2.75, 3.05) is 45.0 Å². The van der Waals surface area contributed by atoms with E-state index in [-0.39, 0.29) is 18.8 Å². The van der Waals surface area contributed by atoms with Crippen LogP contribution in [0.25, 0.3) is 0 Å². The van der Waals surface area contributed by atoms with E-state index in [4.69, 9.17) is 31.3 Å². The van der Waals surface area contributed by atoms with E-state index in [1.807, 2.05) is 0 Å². The number of hydrogen-bond donors (Lipinski definition) is 7. The highest BCUT2D eigenvalue weighted by Gasteiger charge is 2.18. The van der Waals surface area contributed by atoms with Crippen LogP contribution in [0.1, 0.15) is 0 Å². The number of carboxylic acids is 5. The number of nitrogens with zero attached hydrogens (tertiary/aromatic N) is 2. The second kappa shape index (κ2) is 14.7. The van der Waals surface area contributed by atoms with Crippen molar-refractivity contribution >= 4 is 42.5 Å². The van der Waals surface area contributed by atoms with Gasteiger partial charge in [-0.15, -0.1) is 0 Å². The van der Waals surface area contributed by atoms with Crippen molar-refractivity contribution in [1.82, 2.24) is 9.80 Å². The predicted octanol–water partition coefficient (Wildman–Crippen LogP) is -2.74. The third-order valence-corrected chi connectivity index (χ3v) is 3.08. The van der Waals surface area contributed by atoms with Crippen molar-refractivity contribution in [2.45, 2.75) is 6.04 Å². The van der Waals surface area contributed by atoms with E-state index >= 15 is 0 Å². The Morgan fingerprint density at radius 3 is 1.07 bits per heavy atom. The van der Waals surface area contributed by atoms with Gasteiger partial charge in [-0.05, 0) is 0 Å². The quantitative estimate of drug-likeness (QED) is 0.152. The summed E-state index contributed by atoms with van der Waals surface area (Å²) in [6.45, 7) is -2.25. The molecule has 0 saturated carbocycles. The molecule has 0 fully saturated rings. The zero-order valence-electron chi connectivity index (χ0n) is 14.2. The maximum absolute atomic E-state index is 10.6. The number of carboxylic acid groups (broad SMARTS) is 5. The van der Waals surface area contributed by atoms with Crippen LogP contribution in [-0.4, -0.2) is 116 Å². The first-order valence-corrected chi connectivity index (χ1v) is 7.93. The molecule has 0 aliphatic rings. The molecule has 0 unspecified atom stereocenters. The molecule has 0 aromatic carbocycles. The molecule has 0 amide bonds. The van der Waals surface area contributed by atoms with Gasteiger partial charge < -0.3 is 31.3 Å². The van der Waals surface area contributed by atoms with Crippen LogP contribution < -0.4 is 5.73 Å². The average Bonchev–Trinajstić information content (AvgIpc) is 2.49. The molecule has 0 bridgehead atoms. The molecule has 0 rings (SSSR count). The Kier molecular flexibility index (Phi) is 14.6. The standard InChI is InChI=1S/C10H16N2O8.C3H7NO2S/c13-7(14)3-11(4-8(15)16)1-2-12(5-9(17)18)6-10(19)20;4-2(1-7)3(5)6/h1-6H2,(H,13,14)(H,15,16)(H,17,18)(H,19,20);2,7H,1,4H2,(H,5,6)/t;2-/m.0/s1. The van der Waals surface area contributed by atoms with Crippen LogP contribution in [-0.2, 0) is 24.0 Å². The first-order chi connectivity index (χ1) is 12.4. The van der Waals surface area contributed by atoms with Gasteiger partial charge in [0, 0.05) is 18.8 Å². The molecule has 0 aliphatic heterocycles. The van der Waals surface area contributed by atoms with Gasteiger partial charge in [0.05, 0.1) is 26.2 Å². The largest absolute Gasteiger partial charge is 0.480 e. The van der Waals surface area contributed by atoms with Gasteiger partial charge in [-0.1, -0.05) is 0 Å². The van der Waals surface area contributed by atoms with Gasteiger partial charge in [0.1, 0.15) is 6.04 Å². The van der Waals surface area contributed by atoms with Crippen LogP contribution in [0, 0.1) is 0 Å². The molecule has 27 heavy (non-hydrogen) atoms. The molecule has 0 aliphatic carbocycles. The summed E-state index contributed by atoms with van der Waals surface area (Å²) < 4.78 is 0. The van der Waals surface area contributed by atoms with Crippen LogP contribution in [0.4, 0.5) is 0 Å². The highest BCUT2D eigenvalue weighted by Crippen LogP contribution is 1.94. The zero-order chi connectivity index (χ0) is 21.6. The summed E-state index contributed by atoms with van der Waals surface area (Å²) in [5.74, 6) is -5.72. The summed E-state index contributed by atoms with van der Waals surface area (Å²) in [7, 11) is 0. The van der Waals surface area contributed by atoms with Gasteiger partial charge in [-0.25, -0.2) is 0 Å². The minimum atomic E-state index is -1.23. The monoisotopic (exact) mass is 413 g/mol. The van der Waals surface area contributed by atoms with Gasteiger partial charge in [-0.3, -0.25) is 33.8 Å². The molecule has 0 aromatic rings. The van der Waals surface area contributed by atoms with E-state index in [1.54, 1.807) is 0 Å². The molecular formula is C13H23N3O10S. The Hall–Kier alpha value is -2.42. The topological polar surface area (TPSA) is 219 Å². The third-order valence-electron chi connectivity index (χ3n) is 2.68. The van der Waals surface area contributed by atoms with Crippen LogP contribution in [0.2, 0.25) is 0 Å².